The van der Waals surface area contributed by atoms with Crippen LogP contribution in [0.4, 0.5) is 5.69 Å². The van der Waals surface area contributed by atoms with E-state index in [1.54, 1.807) is 6.20 Å². The summed E-state index contributed by atoms with van der Waals surface area (Å²) in [5, 5.41) is 4.57. The fourth-order valence-electron chi connectivity index (χ4n) is 2.24. The summed E-state index contributed by atoms with van der Waals surface area (Å²) in [4.78, 5) is 4.43. The van der Waals surface area contributed by atoms with Crippen LogP contribution in [-0.4, -0.2) is 14.8 Å². The molecule has 0 spiro atoms. The summed E-state index contributed by atoms with van der Waals surface area (Å²) in [5.74, 6) is 0. The Bertz CT molecular complexity index is 569. The summed E-state index contributed by atoms with van der Waals surface area (Å²) in [6.07, 6.45) is 2.87. The van der Waals surface area contributed by atoms with E-state index < -0.39 is 0 Å². The molecule has 18 heavy (non-hydrogen) atoms. The molecule has 0 saturated heterocycles. The van der Waals surface area contributed by atoms with Crippen LogP contribution in [0.15, 0.2) is 12.3 Å². The van der Waals surface area contributed by atoms with E-state index in [-0.39, 0.29) is 0 Å². The number of aromatic nitrogens is 3. The first-order valence-corrected chi connectivity index (χ1v) is 6.31. The predicted octanol–water partition coefficient (Wildman–Crippen LogP) is 2.86. The Labute approximate surface area is 108 Å². The van der Waals surface area contributed by atoms with Gasteiger partial charge in [0.1, 0.15) is 0 Å². The van der Waals surface area contributed by atoms with Crippen LogP contribution in [0, 0.1) is 20.8 Å². The van der Waals surface area contributed by atoms with Gasteiger partial charge in [0.15, 0.2) is 0 Å². The van der Waals surface area contributed by atoms with Crippen LogP contribution in [0.1, 0.15) is 30.3 Å². The molecule has 0 aromatic carbocycles. The molecule has 0 saturated carbocycles. The van der Waals surface area contributed by atoms with E-state index in [9.17, 15) is 0 Å². The first kappa shape index (κ1) is 12.6. The number of rotatable bonds is 3. The molecular formula is C14H20N4. The van der Waals surface area contributed by atoms with Gasteiger partial charge < -0.3 is 5.73 Å². The van der Waals surface area contributed by atoms with E-state index in [4.69, 9.17) is 5.73 Å². The van der Waals surface area contributed by atoms with Crippen molar-refractivity contribution in [2.75, 3.05) is 5.73 Å². The van der Waals surface area contributed by atoms with Crippen molar-refractivity contribution in [1.82, 2.24) is 14.8 Å². The first-order chi connectivity index (χ1) is 8.56. The summed E-state index contributed by atoms with van der Waals surface area (Å²) in [6, 6.07) is 1.93. The van der Waals surface area contributed by atoms with Crippen LogP contribution in [0.5, 0.6) is 0 Å². The van der Waals surface area contributed by atoms with E-state index in [0.717, 1.165) is 46.9 Å². The molecule has 0 fully saturated rings. The van der Waals surface area contributed by atoms with Gasteiger partial charge in [-0.1, -0.05) is 6.92 Å². The summed E-state index contributed by atoms with van der Waals surface area (Å²) in [6.45, 7) is 9.17. The highest BCUT2D eigenvalue weighted by molar-refractivity contribution is 5.77. The Kier molecular flexibility index (Phi) is 3.36. The Morgan fingerprint density at radius 1 is 1.28 bits per heavy atom. The third kappa shape index (κ3) is 1.98. The van der Waals surface area contributed by atoms with E-state index in [1.807, 2.05) is 24.6 Å². The molecule has 0 atom stereocenters. The largest absolute Gasteiger partial charge is 0.397 e. The molecule has 96 valence electrons. The maximum atomic E-state index is 6.14. The van der Waals surface area contributed by atoms with Crippen LogP contribution >= 0.6 is 0 Å². The van der Waals surface area contributed by atoms with Gasteiger partial charge in [-0.25, -0.2) is 0 Å². The van der Waals surface area contributed by atoms with Crippen molar-refractivity contribution in [2.45, 2.75) is 40.7 Å². The fourth-order valence-corrected chi connectivity index (χ4v) is 2.24. The lowest BCUT2D eigenvalue weighted by atomic mass is 10.1. The third-order valence-corrected chi connectivity index (χ3v) is 3.26. The summed E-state index contributed by atoms with van der Waals surface area (Å²) in [5.41, 5.74) is 12.0. The van der Waals surface area contributed by atoms with Crippen LogP contribution < -0.4 is 5.73 Å². The van der Waals surface area contributed by atoms with Gasteiger partial charge in [0.2, 0.25) is 0 Å². The highest BCUT2D eigenvalue weighted by Crippen LogP contribution is 2.31. The molecule has 0 aliphatic rings. The van der Waals surface area contributed by atoms with Crippen LogP contribution in [-0.2, 0) is 6.54 Å². The first-order valence-electron chi connectivity index (χ1n) is 6.31. The van der Waals surface area contributed by atoms with Gasteiger partial charge in [0, 0.05) is 24.0 Å². The van der Waals surface area contributed by atoms with Gasteiger partial charge in [-0.3, -0.25) is 9.67 Å². The van der Waals surface area contributed by atoms with Gasteiger partial charge in [0.25, 0.3) is 0 Å². The molecule has 4 nitrogen and oxygen atoms in total. The molecule has 0 unspecified atom stereocenters. The molecule has 2 aromatic heterocycles. The van der Waals surface area contributed by atoms with E-state index in [2.05, 4.69) is 23.9 Å². The van der Waals surface area contributed by atoms with Crippen LogP contribution in [0.25, 0.3) is 11.3 Å². The molecule has 2 N–H and O–H groups in total. The zero-order valence-corrected chi connectivity index (χ0v) is 11.5. The number of pyridine rings is 1. The zero-order chi connectivity index (χ0) is 13.3. The number of nitrogens with two attached hydrogens (primary N) is 1. The monoisotopic (exact) mass is 244 g/mol. The second-order valence-corrected chi connectivity index (χ2v) is 4.66. The summed E-state index contributed by atoms with van der Waals surface area (Å²) < 4.78 is 2.04. The van der Waals surface area contributed by atoms with Gasteiger partial charge >= 0.3 is 0 Å². The van der Waals surface area contributed by atoms with Crippen LogP contribution in [0.3, 0.4) is 0 Å². The lowest BCUT2D eigenvalue weighted by molar-refractivity contribution is 0.583. The number of aryl methyl sites for hydroxylation is 3. The molecule has 4 heteroatoms. The summed E-state index contributed by atoms with van der Waals surface area (Å²) >= 11 is 0. The number of nitrogens with zero attached hydrogens (tertiary/aromatic N) is 3. The van der Waals surface area contributed by atoms with Gasteiger partial charge in [0.05, 0.1) is 17.1 Å². The van der Waals surface area contributed by atoms with Crippen molar-refractivity contribution in [3.8, 4) is 11.3 Å². The van der Waals surface area contributed by atoms with E-state index in [1.165, 1.54) is 0 Å². The van der Waals surface area contributed by atoms with Gasteiger partial charge in [-0.05, 0) is 38.8 Å². The topological polar surface area (TPSA) is 56.7 Å². The maximum Gasteiger partial charge on any atom is 0.0970 e. The minimum Gasteiger partial charge on any atom is -0.397 e. The molecule has 2 heterocycles. The number of hydrogen-bond acceptors (Lipinski definition) is 3. The van der Waals surface area contributed by atoms with E-state index >= 15 is 0 Å². The lowest BCUT2D eigenvalue weighted by Crippen LogP contribution is -2.02. The minimum atomic E-state index is 0.750. The smallest absolute Gasteiger partial charge is 0.0970 e. The molecule has 0 aliphatic carbocycles. The Hall–Kier alpha value is -1.84. The number of nitrogen functional groups attached to an aromatic ring is 1. The Morgan fingerprint density at radius 3 is 2.67 bits per heavy atom. The SMILES string of the molecule is CCCn1nc(C)c(-c2nccc(C)c2N)c1C. The van der Waals surface area contributed by atoms with Gasteiger partial charge in [-0.2, -0.15) is 5.10 Å². The molecule has 2 aromatic rings. The molecule has 0 amide bonds. The van der Waals surface area contributed by atoms with Crippen molar-refractivity contribution in [3.63, 3.8) is 0 Å². The quantitative estimate of drug-likeness (QED) is 0.903. The van der Waals surface area contributed by atoms with Crippen molar-refractivity contribution in [3.05, 3.63) is 29.2 Å². The van der Waals surface area contributed by atoms with Crippen molar-refractivity contribution >= 4 is 5.69 Å². The van der Waals surface area contributed by atoms with Crippen molar-refractivity contribution in [2.24, 2.45) is 0 Å². The molecule has 0 aliphatic heterocycles. The highest BCUT2D eigenvalue weighted by Gasteiger charge is 2.17. The average molecular weight is 244 g/mol. The normalized spacial score (nSPS) is 10.9. The molecule has 0 bridgehead atoms. The zero-order valence-electron chi connectivity index (χ0n) is 11.5. The standard InChI is InChI=1S/C14H20N4/c1-5-8-18-11(4)12(10(3)17-18)14-13(15)9(2)6-7-16-14/h6-7H,5,8,15H2,1-4H3. The molecule has 2 rings (SSSR count). The number of hydrogen-bond donors (Lipinski definition) is 1. The molecule has 0 radical (unpaired) electrons. The second-order valence-electron chi connectivity index (χ2n) is 4.66. The Balaban J connectivity index is 2.60. The average Bonchev–Trinajstić information content (AvgIpc) is 2.60. The predicted molar refractivity (Wildman–Crippen MR) is 74.4 cm³/mol. The van der Waals surface area contributed by atoms with E-state index in [0.29, 0.717) is 0 Å². The highest BCUT2D eigenvalue weighted by atomic mass is 15.3. The minimum absolute atomic E-state index is 0.750. The molecular weight excluding hydrogens is 224 g/mol. The maximum absolute atomic E-state index is 6.14. The Morgan fingerprint density at radius 2 is 2.00 bits per heavy atom. The summed E-state index contributed by atoms with van der Waals surface area (Å²) in [7, 11) is 0. The van der Waals surface area contributed by atoms with Crippen molar-refractivity contribution in [1.29, 1.82) is 0 Å². The van der Waals surface area contributed by atoms with Crippen molar-refractivity contribution < 1.29 is 0 Å². The second kappa shape index (κ2) is 4.80. The fraction of sp³-hybridized carbons (Fsp3) is 0.429. The third-order valence-electron chi connectivity index (χ3n) is 3.26. The van der Waals surface area contributed by atoms with Crippen LogP contribution in [0.2, 0.25) is 0 Å². The lowest BCUT2D eigenvalue weighted by Gasteiger charge is -2.08. The van der Waals surface area contributed by atoms with Gasteiger partial charge in [-0.15, -0.1) is 0 Å². The number of anilines is 1.